The summed E-state index contributed by atoms with van der Waals surface area (Å²) in [5, 5.41) is 3.12. The van der Waals surface area contributed by atoms with E-state index in [2.05, 4.69) is 19.2 Å². The van der Waals surface area contributed by atoms with Crippen LogP contribution in [0.5, 0.6) is 5.75 Å². The SMILES string of the molecule is CC(C)CNCc1cc(F)c(OCC=CCl)c(F)c1. The summed E-state index contributed by atoms with van der Waals surface area (Å²) in [5.41, 5.74) is 1.79. The van der Waals surface area contributed by atoms with Crippen LogP contribution < -0.4 is 10.1 Å². The van der Waals surface area contributed by atoms with Gasteiger partial charge in [0, 0.05) is 12.1 Å². The minimum atomic E-state index is -0.704. The minimum absolute atomic E-state index is 0.0300. The van der Waals surface area contributed by atoms with Crippen LogP contribution >= 0.6 is 11.6 Å². The van der Waals surface area contributed by atoms with Gasteiger partial charge in [-0.1, -0.05) is 25.4 Å². The molecule has 19 heavy (non-hydrogen) atoms. The molecule has 0 heterocycles. The summed E-state index contributed by atoms with van der Waals surface area (Å²) < 4.78 is 32.3. The van der Waals surface area contributed by atoms with Gasteiger partial charge >= 0.3 is 0 Å². The molecule has 0 fully saturated rings. The van der Waals surface area contributed by atoms with Crippen LogP contribution in [0.4, 0.5) is 8.78 Å². The second kappa shape index (κ2) is 8.12. The van der Waals surface area contributed by atoms with Gasteiger partial charge in [-0.05, 0) is 36.2 Å². The molecule has 0 aromatic heterocycles. The Hall–Kier alpha value is -1.13. The summed E-state index contributed by atoms with van der Waals surface area (Å²) in [6.45, 7) is 5.38. The van der Waals surface area contributed by atoms with Crippen LogP contribution in [0.25, 0.3) is 0 Å². The highest BCUT2D eigenvalue weighted by molar-refractivity contribution is 6.25. The Morgan fingerprint density at radius 1 is 1.32 bits per heavy atom. The number of benzene rings is 1. The molecule has 1 aromatic carbocycles. The molecule has 0 unspecified atom stereocenters. The maximum atomic E-state index is 13.7. The molecule has 1 aromatic rings. The van der Waals surface area contributed by atoms with Crippen molar-refractivity contribution in [1.82, 2.24) is 5.32 Å². The molecule has 0 aliphatic heterocycles. The van der Waals surface area contributed by atoms with Crippen molar-refractivity contribution in [2.24, 2.45) is 5.92 Å². The molecule has 1 N–H and O–H groups in total. The van der Waals surface area contributed by atoms with Gasteiger partial charge in [-0.2, -0.15) is 0 Å². The lowest BCUT2D eigenvalue weighted by Crippen LogP contribution is -2.19. The highest BCUT2D eigenvalue weighted by Crippen LogP contribution is 2.23. The Kier molecular flexibility index (Phi) is 6.81. The van der Waals surface area contributed by atoms with Gasteiger partial charge in [0.1, 0.15) is 6.61 Å². The van der Waals surface area contributed by atoms with Crippen molar-refractivity contribution in [3.8, 4) is 5.75 Å². The van der Waals surface area contributed by atoms with Gasteiger partial charge in [0.2, 0.25) is 0 Å². The van der Waals surface area contributed by atoms with Crippen molar-refractivity contribution >= 4 is 11.6 Å². The Morgan fingerprint density at radius 2 is 1.95 bits per heavy atom. The predicted octanol–water partition coefficient (Wildman–Crippen LogP) is 3.84. The fourth-order valence-corrected chi connectivity index (χ4v) is 1.60. The Bertz CT molecular complexity index is 412. The molecule has 106 valence electrons. The Morgan fingerprint density at radius 3 is 2.47 bits per heavy atom. The number of ether oxygens (including phenoxy) is 1. The van der Waals surface area contributed by atoms with E-state index in [4.69, 9.17) is 16.3 Å². The zero-order valence-corrected chi connectivity index (χ0v) is 11.8. The number of halogens is 3. The number of hydrogen-bond acceptors (Lipinski definition) is 2. The lowest BCUT2D eigenvalue weighted by molar-refractivity contribution is 0.320. The number of rotatable bonds is 7. The zero-order valence-electron chi connectivity index (χ0n) is 11.1. The monoisotopic (exact) mass is 289 g/mol. The molecular weight excluding hydrogens is 272 g/mol. The largest absolute Gasteiger partial charge is 0.483 e. The highest BCUT2D eigenvalue weighted by Gasteiger charge is 2.12. The third-order valence-corrected chi connectivity index (χ3v) is 2.53. The van der Waals surface area contributed by atoms with Gasteiger partial charge in [0.15, 0.2) is 17.4 Å². The molecule has 0 saturated heterocycles. The van der Waals surface area contributed by atoms with Crippen LogP contribution in [0.3, 0.4) is 0 Å². The van der Waals surface area contributed by atoms with Gasteiger partial charge < -0.3 is 10.1 Å². The lowest BCUT2D eigenvalue weighted by Gasteiger charge is -2.10. The summed E-state index contributed by atoms with van der Waals surface area (Å²) in [4.78, 5) is 0. The van der Waals surface area contributed by atoms with Gasteiger partial charge in [-0.15, -0.1) is 0 Å². The topological polar surface area (TPSA) is 21.3 Å². The summed E-state index contributed by atoms with van der Waals surface area (Å²) in [6, 6.07) is 2.55. The summed E-state index contributed by atoms with van der Waals surface area (Å²) in [5.74, 6) is -1.30. The van der Waals surface area contributed by atoms with E-state index in [9.17, 15) is 8.78 Å². The molecular formula is C14H18ClF2NO. The van der Waals surface area contributed by atoms with E-state index in [1.54, 1.807) is 0 Å². The predicted molar refractivity (Wildman–Crippen MR) is 73.4 cm³/mol. The molecule has 0 saturated carbocycles. The van der Waals surface area contributed by atoms with Crippen molar-refractivity contribution in [3.63, 3.8) is 0 Å². The molecule has 0 atom stereocenters. The van der Waals surface area contributed by atoms with Crippen LogP contribution in [0, 0.1) is 17.6 Å². The maximum absolute atomic E-state index is 13.7. The summed E-state index contributed by atoms with van der Waals surface area (Å²) in [7, 11) is 0. The molecule has 5 heteroatoms. The number of nitrogens with one attached hydrogen (secondary N) is 1. The first-order valence-corrected chi connectivity index (χ1v) is 6.55. The van der Waals surface area contributed by atoms with Crippen molar-refractivity contribution < 1.29 is 13.5 Å². The van der Waals surface area contributed by atoms with Crippen molar-refractivity contribution in [2.45, 2.75) is 20.4 Å². The fraction of sp³-hybridized carbons (Fsp3) is 0.429. The second-order valence-electron chi connectivity index (χ2n) is 4.59. The molecule has 0 radical (unpaired) electrons. The molecule has 0 aliphatic carbocycles. The number of hydrogen-bond donors (Lipinski definition) is 1. The fourth-order valence-electron chi connectivity index (χ4n) is 1.53. The van der Waals surface area contributed by atoms with Crippen molar-refractivity contribution in [3.05, 3.63) is 40.9 Å². The summed E-state index contributed by atoms with van der Waals surface area (Å²) >= 11 is 5.30. The van der Waals surface area contributed by atoms with E-state index < -0.39 is 11.6 Å². The van der Waals surface area contributed by atoms with E-state index in [-0.39, 0.29) is 12.4 Å². The van der Waals surface area contributed by atoms with Crippen LogP contribution in [0.2, 0.25) is 0 Å². The molecule has 1 rings (SSSR count). The smallest absolute Gasteiger partial charge is 0.191 e. The van der Waals surface area contributed by atoms with E-state index in [0.717, 1.165) is 6.54 Å². The van der Waals surface area contributed by atoms with Crippen LogP contribution in [0.15, 0.2) is 23.7 Å². The van der Waals surface area contributed by atoms with E-state index >= 15 is 0 Å². The zero-order chi connectivity index (χ0) is 14.3. The van der Waals surface area contributed by atoms with Gasteiger partial charge in [0.25, 0.3) is 0 Å². The first-order chi connectivity index (χ1) is 9.04. The molecule has 0 aliphatic rings. The standard InChI is InChI=1S/C14H18ClF2NO/c1-10(2)8-18-9-11-6-12(16)14(13(17)7-11)19-5-3-4-15/h3-4,6-7,10,18H,5,8-9H2,1-2H3. The van der Waals surface area contributed by atoms with E-state index in [1.165, 1.54) is 23.7 Å². The maximum Gasteiger partial charge on any atom is 0.191 e. The van der Waals surface area contributed by atoms with Crippen LogP contribution in [0.1, 0.15) is 19.4 Å². The summed E-state index contributed by atoms with van der Waals surface area (Å²) in [6.07, 6.45) is 1.46. The second-order valence-corrected chi connectivity index (χ2v) is 4.84. The van der Waals surface area contributed by atoms with E-state index in [1.807, 2.05) is 0 Å². The molecule has 0 amide bonds. The Labute approximate surface area is 117 Å². The Balaban J connectivity index is 2.67. The average molecular weight is 290 g/mol. The molecule has 0 spiro atoms. The van der Waals surface area contributed by atoms with Crippen molar-refractivity contribution in [1.29, 1.82) is 0 Å². The first kappa shape index (κ1) is 15.9. The van der Waals surface area contributed by atoms with Crippen LogP contribution in [-0.4, -0.2) is 13.2 Å². The normalized spacial score (nSPS) is 11.5. The van der Waals surface area contributed by atoms with Gasteiger partial charge in [0.05, 0.1) is 0 Å². The average Bonchev–Trinajstić information content (AvgIpc) is 2.32. The van der Waals surface area contributed by atoms with Crippen LogP contribution in [-0.2, 0) is 6.54 Å². The minimum Gasteiger partial charge on any atom is -0.483 e. The third-order valence-electron chi connectivity index (χ3n) is 2.35. The third kappa shape index (κ3) is 5.57. The first-order valence-electron chi connectivity index (χ1n) is 6.11. The van der Waals surface area contributed by atoms with Gasteiger partial charge in [-0.3, -0.25) is 0 Å². The molecule has 0 bridgehead atoms. The van der Waals surface area contributed by atoms with E-state index in [0.29, 0.717) is 18.0 Å². The lowest BCUT2D eigenvalue weighted by atomic mass is 10.1. The highest BCUT2D eigenvalue weighted by atomic mass is 35.5. The van der Waals surface area contributed by atoms with Crippen molar-refractivity contribution in [2.75, 3.05) is 13.2 Å². The van der Waals surface area contributed by atoms with Gasteiger partial charge in [-0.25, -0.2) is 8.78 Å². The quantitative estimate of drug-likeness (QED) is 0.823. The molecule has 2 nitrogen and oxygen atoms in total.